The van der Waals surface area contributed by atoms with Crippen LogP contribution in [0, 0.1) is 0 Å². The highest BCUT2D eigenvalue weighted by Crippen LogP contribution is 2.39. The summed E-state index contributed by atoms with van der Waals surface area (Å²) in [4.78, 5) is 1.73. The summed E-state index contributed by atoms with van der Waals surface area (Å²) < 4.78 is 28.9. The van der Waals surface area contributed by atoms with E-state index in [4.69, 9.17) is 5.11 Å². The van der Waals surface area contributed by atoms with Crippen molar-refractivity contribution >= 4 is 28.3 Å². The zero-order chi connectivity index (χ0) is 13.9. The molecule has 2 rings (SSSR count). The number of benzene rings is 1. The van der Waals surface area contributed by atoms with E-state index >= 15 is 0 Å². The third kappa shape index (κ3) is 3.89. The summed E-state index contributed by atoms with van der Waals surface area (Å²) in [5.41, 5.74) is 0.517. The van der Waals surface area contributed by atoms with Gasteiger partial charge in [-0.15, -0.1) is 12.4 Å². The predicted molar refractivity (Wildman–Crippen MR) is 80.6 cm³/mol. The van der Waals surface area contributed by atoms with Crippen molar-refractivity contribution in [2.24, 2.45) is 0 Å². The SMILES string of the molecule is Cl.OCC(F)(F)[C@@H](c1ccccc1Br)N1CCNCC1. The molecule has 0 saturated carbocycles. The van der Waals surface area contributed by atoms with Gasteiger partial charge in [-0.05, 0) is 11.6 Å². The third-order valence-corrected chi connectivity index (χ3v) is 4.05. The molecule has 0 spiro atoms. The van der Waals surface area contributed by atoms with Gasteiger partial charge in [0, 0.05) is 30.7 Å². The zero-order valence-electron chi connectivity index (χ0n) is 10.9. The number of nitrogens with one attached hydrogen (secondary N) is 1. The van der Waals surface area contributed by atoms with E-state index in [0.29, 0.717) is 36.2 Å². The van der Waals surface area contributed by atoms with Crippen molar-refractivity contribution in [2.75, 3.05) is 32.8 Å². The second-order valence-corrected chi connectivity index (χ2v) is 5.48. The highest BCUT2D eigenvalue weighted by Gasteiger charge is 2.44. The summed E-state index contributed by atoms with van der Waals surface area (Å²) in [6, 6.07) is 5.86. The van der Waals surface area contributed by atoms with Gasteiger partial charge in [-0.1, -0.05) is 34.1 Å². The molecular weight excluding hydrogens is 354 g/mol. The molecule has 7 heteroatoms. The maximum absolute atomic E-state index is 14.1. The number of piperazine rings is 1. The topological polar surface area (TPSA) is 35.5 Å². The van der Waals surface area contributed by atoms with Crippen LogP contribution in [0.2, 0.25) is 0 Å². The lowest BCUT2D eigenvalue weighted by molar-refractivity contribution is -0.118. The first-order valence-electron chi connectivity index (χ1n) is 6.24. The molecule has 1 aliphatic heterocycles. The third-order valence-electron chi connectivity index (χ3n) is 3.33. The van der Waals surface area contributed by atoms with E-state index in [2.05, 4.69) is 21.2 Å². The van der Waals surface area contributed by atoms with E-state index in [1.54, 1.807) is 29.2 Å². The minimum atomic E-state index is -3.17. The maximum Gasteiger partial charge on any atom is 0.289 e. The van der Waals surface area contributed by atoms with Crippen molar-refractivity contribution in [3.05, 3.63) is 34.3 Å². The molecule has 114 valence electrons. The van der Waals surface area contributed by atoms with E-state index < -0.39 is 18.6 Å². The number of halogens is 4. The predicted octanol–water partition coefficient (Wildman–Crippen LogP) is 2.44. The molecule has 1 saturated heterocycles. The molecule has 1 fully saturated rings. The summed E-state index contributed by atoms with van der Waals surface area (Å²) in [5.74, 6) is -3.17. The monoisotopic (exact) mass is 370 g/mol. The fraction of sp³-hybridized carbons (Fsp3) is 0.538. The highest BCUT2D eigenvalue weighted by atomic mass is 79.9. The van der Waals surface area contributed by atoms with E-state index in [9.17, 15) is 8.78 Å². The Balaban J connectivity index is 0.00000200. The summed E-state index contributed by atoms with van der Waals surface area (Å²) >= 11 is 3.33. The van der Waals surface area contributed by atoms with Crippen LogP contribution in [0.5, 0.6) is 0 Å². The second kappa shape index (κ2) is 7.66. The molecule has 0 aliphatic carbocycles. The second-order valence-electron chi connectivity index (χ2n) is 4.63. The Bertz CT molecular complexity index is 431. The molecule has 0 aromatic heterocycles. The van der Waals surface area contributed by atoms with Crippen LogP contribution < -0.4 is 5.32 Å². The quantitative estimate of drug-likeness (QED) is 0.853. The lowest BCUT2D eigenvalue weighted by Crippen LogP contribution is -2.51. The smallest absolute Gasteiger partial charge is 0.289 e. The van der Waals surface area contributed by atoms with Gasteiger partial charge < -0.3 is 10.4 Å². The minimum absolute atomic E-state index is 0. The van der Waals surface area contributed by atoms with Crippen molar-refractivity contribution in [3.63, 3.8) is 0 Å². The number of alkyl halides is 2. The van der Waals surface area contributed by atoms with Gasteiger partial charge in [0.05, 0.1) is 0 Å². The van der Waals surface area contributed by atoms with Crippen molar-refractivity contribution in [1.82, 2.24) is 10.2 Å². The van der Waals surface area contributed by atoms with Crippen LogP contribution in [0.3, 0.4) is 0 Å². The van der Waals surface area contributed by atoms with Gasteiger partial charge in [0.2, 0.25) is 0 Å². The zero-order valence-corrected chi connectivity index (χ0v) is 13.3. The summed E-state index contributed by atoms with van der Waals surface area (Å²) in [6.07, 6.45) is 0. The average molecular weight is 372 g/mol. The van der Waals surface area contributed by atoms with Gasteiger partial charge in [0.25, 0.3) is 5.92 Å². The highest BCUT2D eigenvalue weighted by molar-refractivity contribution is 9.10. The van der Waals surface area contributed by atoms with Crippen LogP contribution in [-0.2, 0) is 0 Å². The molecule has 3 nitrogen and oxygen atoms in total. The Hall–Kier alpha value is -0.270. The molecule has 1 aromatic carbocycles. The molecule has 0 bridgehead atoms. The molecule has 1 aliphatic rings. The summed E-state index contributed by atoms with van der Waals surface area (Å²) in [6.45, 7) is 1.30. The molecule has 0 unspecified atom stereocenters. The molecule has 0 amide bonds. The summed E-state index contributed by atoms with van der Waals surface area (Å²) in [5, 5.41) is 12.2. The number of hydrogen-bond acceptors (Lipinski definition) is 3. The molecule has 1 atom stereocenters. The van der Waals surface area contributed by atoms with Crippen LogP contribution in [0.1, 0.15) is 11.6 Å². The van der Waals surface area contributed by atoms with Crippen molar-refractivity contribution in [2.45, 2.75) is 12.0 Å². The van der Waals surface area contributed by atoms with Gasteiger partial charge in [-0.3, -0.25) is 4.90 Å². The normalized spacial score (nSPS) is 18.4. The summed E-state index contributed by atoms with van der Waals surface area (Å²) in [7, 11) is 0. The first-order valence-corrected chi connectivity index (χ1v) is 7.03. The van der Waals surface area contributed by atoms with E-state index in [1.807, 2.05) is 0 Å². The van der Waals surface area contributed by atoms with Crippen molar-refractivity contribution in [1.29, 1.82) is 0 Å². The van der Waals surface area contributed by atoms with Crippen LogP contribution in [0.25, 0.3) is 0 Å². The first-order chi connectivity index (χ1) is 9.06. The Kier molecular flexibility index (Phi) is 6.81. The number of aliphatic hydroxyl groups is 1. The van der Waals surface area contributed by atoms with Crippen LogP contribution in [-0.4, -0.2) is 48.7 Å². The van der Waals surface area contributed by atoms with Crippen molar-refractivity contribution < 1.29 is 13.9 Å². The molecule has 0 radical (unpaired) electrons. The number of hydrogen-bond donors (Lipinski definition) is 2. The Morgan fingerprint density at radius 2 is 1.90 bits per heavy atom. The largest absolute Gasteiger partial charge is 0.390 e. The fourth-order valence-electron chi connectivity index (χ4n) is 2.41. The van der Waals surface area contributed by atoms with Crippen LogP contribution in [0.15, 0.2) is 28.7 Å². The fourth-order valence-corrected chi connectivity index (χ4v) is 2.92. The molecule has 20 heavy (non-hydrogen) atoms. The van der Waals surface area contributed by atoms with Gasteiger partial charge in [-0.25, -0.2) is 8.78 Å². The van der Waals surface area contributed by atoms with E-state index in [0.717, 1.165) is 0 Å². The number of rotatable bonds is 4. The Morgan fingerprint density at radius 3 is 2.45 bits per heavy atom. The van der Waals surface area contributed by atoms with Gasteiger partial charge in [-0.2, -0.15) is 0 Å². The van der Waals surface area contributed by atoms with E-state index in [1.165, 1.54) is 0 Å². The van der Waals surface area contributed by atoms with Crippen LogP contribution >= 0.6 is 28.3 Å². The standard InChI is InChI=1S/C13H17BrF2N2O.ClH/c14-11-4-2-1-3-10(11)12(13(15,16)9-19)18-7-5-17-6-8-18;/h1-4,12,17,19H,5-9H2;1H/t12-;/m1./s1. The first kappa shape index (κ1) is 17.8. The number of aliphatic hydroxyl groups excluding tert-OH is 1. The Morgan fingerprint density at radius 1 is 1.30 bits per heavy atom. The number of nitrogens with zero attached hydrogens (tertiary/aromatic N) is 1. The van der Waals surface area contributed by atoms with Crippen molar-refractivity contribution in [3.8, 4) is 0 Å². The lowest BCUT2D eigenvalue weighted by atomic mass is 9.98. The van der Waals surface area contributed by atoms with Gasteiger partial charge in [0.15, 0.2) is 0 Å². The molecule has 1 aromatic rings. The van der Waals surface area contributed by atoms with Crippen LogP contribution in [0.4, 0.5) is 8.78 Å². The minimum Gasteiger partial charge on any atom is -0.390 e. The maximum atomic E-state index is 14.1. The lowest BCUT2D eigenvalue weighted by Gasteiger charge is -2.39. The molecule has 1 heterocycles. The van der Waals surface area contributed by atoms with E-state index in [-0.39, 0.29) is 12.4 Å². The average Bonchev–Trinajstić information content (AvgIpc) is 2.42. The van der Waals surface area contributed by atoms with Gasteiger partial charge >= 0.3 is 0 Å². The van der Waals surface area contributed by atoms with Gasteiger partial charge in [0.1, 0.15) is 12.6 Å². The Labute approximate surface area is 131 Å². The molecule has 2 N–H and O–H groups in total. The molecular formula is C13H18BrClF2N2O.